The molecule has 3 atom stereocenters. The second-order valence-corrected chi connectivity index (χ2v) is 18.7. The number of β-amino-alcohol motifs (C(OH)–C–C–N with tert-alkyl or cyclic N) is 1. The van der Waals surface area contributed by atoms with Crippen LogP contribution in [-0.2, 0) is 36.9 Å². The number of hydrogen-bond donors (Lipinski definition) is 4. The summed E-state index contributed by atoms with van der Waals surface area (Å²) >= 11 is 0. The van der Waals surface area contributed by atoms with Gasteiger partial charge < -0.3 is 54.1 Å². The van der Waals surface area contributed by atoms with Gasteiger partial charge >= 0.3 is 0 Å². The van der Waals surface area contributed by atoms with Crippen LogP contribution < -0.4 is 21.1 Å². The molecule has 0 saturated carbocycles. The second kappa shape index (κ2) is 21.1. The number of ether oxygens (including phenoxy) is 3. The molecular formula is C53H59N7O10. The normalized spacial score (nSPS) is 15.4. The molecule has 0 aliphatic carbocycles. The van der Waals surface area contributed by atoms with E-state index in [1.807, 2.05) is 108 Å². The number of aryl methyl sites for hydroxylation is 3. The van der Waals surface area contributed by atoms with Crippen LogP contribution in [0.25, 0.3) is 44.3 Å². The van der Waals surface area contributed by atoms with Crippen LogP contribution in [0.4, 0.5) is 0 Å². The molecule has 17 heteroatoms. The van der Waals surface area contributed by atoms with Crippen LogP contribution in [0.3, 0.4) is 0 Å². The Labute approximate surface area is 405 Å². The number of carbonyl (C=O) groups excluding carboxylic acids is 4. The van der Waals surface area contributed by atoms with Crippen LogP contribution in [0.15, 0.2) is 100 Å². The maximum absolute atomic E-state index is 14.0. The monoisotopic (exact) mass is 953 g/mol. The number of nitrogens with zero attached hydrogens (tertiary/aromatic N) is 4. The van der Waals surface area contributed by atoms with Crippen molar-refractivity contribution in [2.24, 2.45) is 11.1 Å². The lowest BCUT2D eigenvalue weighted by Crippen LogP contribution is -2.58. The van der Waals surface area contributed by atoms with Gasteiger partial charge in [0.1, 0.15) is 36.8 Å². The molecule has 7 aromatic rings. The molecule has 0 bridgehead atoms. The predicted octanol–water partition coefficient (Wildman–Crippen LogP) is 6.40. The zero-order valence-electron chi connectivity index (χ0n) is 40.2. The SMILES string of the molecule is Cc1ncoc1-c1ccc(CNC(=O)[C@@H]2C[C@@H](O)CN2C(=O)[C@@H](NC(=O)COCCOCCOc2ccc3c(c2)c2c(C(N)=O)cc(-c4c(C)noc4C)cc2n3Cc2ccccc2)C(C)(C)C)cc1. The Morgan fingerprint density at radius 1 is 0.871 bits per heavy atom. The quantitative estimate of drug-likeness (QED) is 0.0647. The Balaban J connectivity index is 0.830. The topological polar surface area (TPSA) is 227 Å². The van der Waals surface area contributed by atoms with Gasteiger partial charge in [-0.1, -0.05) is 80.5 Å². The lowest BCUT2D eigenvalue weighted by atomic mass is 9.85. The fourth-order valence-electron chi connectivity index (χ4n) is 9.05. The molecular weight excluding hydrogens is 895 g/mol. The van der Waals surface area contributed by atoms with E-state index in [2.05, 4.69) is 37.5 Å². The van der Waals surface area contributed by atoms with Crippen molar-refractivity contribution in [2.45, 2.75) is 79.2 Å². The zero-order chi connectivity index (χ0) is 49.7. The van der Waals surface area contributed by atoms with E-state index in [-0.39, 0.29) is 52.5 Å². The number of aromatic nitrogens is 3. The summed E-state index contributed by atoms with van der Waals surface area (Å²) in [6, 6.07) is 25.3. The predicted molar refractivity (Wildman–Crippen MR) is 262 cm³/mol. The molecule has 17 nitrogen and oxygen atoms in total. The van der Waals surface area contributed by atoms with Gasteiger partial charge in [-0.05, 0) is 73.2 Å². The Kier molecular flexibility index (Phi) is 14.8. The average Bonchev–Trinajstić information content (AvgIpc) is 4.11. The number of nitrogens with two attached hydrogens (primary N) is 1. The Hall–Kier alpha value is -7.34. The molecule has 1 aliphatic rings. The minimum atomic E-state index is -1.00. The summed E-state index contributed by atoms with van der Waals surface area (Å²) in [6.07, 6.45) is 0.562. The van der Waals surface area contributed by atoms with Crippen molar-refractivity contribution in [3.8, 4) is 28.2 Å². The number of oxazole rings is 1. The summed E-state index contributed by atoms with van der Waals surface area (Å²) in [5.41, 5.74) is 13.3. The molecule has 1 fully saturated rings. The van der Waals surface area contributed by atoms with Crippen LogP contribution in [0, 0.1) is 26.2 Å². The van der Waals surface area contributed by atoms with Gasteiger partial charge in [0.05, 0.1) is 42.8 Å². The summed E-state index contributed by atoms with van der Waals surface area (Å²) in [5, 5.41) is 22.0. The van der Waals surface area contributed by atoms with E-state index in [0.717, 1.165) is 49.9 Å². The molecule has 366 valence electrons. The van der Waals surface area contributed by atoms with E-state index < -0.39 is 47.2 Å². The first-order valence-corrected chi connectivity index (χ1v) is 23.3. The molecule has 1 aliphatic heterocycles. The smallest absolute Gasteiger partial charge is 0.249 e. The van der Waals surface area contributed by atoms with Gasteiger partial charge in [-0.3, -0.25) is 19.2 Å². The Morgan fingerprint density at radius 3 is 2.30 bits per heavy atom. The minimum absolute atomic E-state index is 0.0436. The number of carbonyl (C=O) groups is 4. The van der Waals surface area contributed by atoms with E-state index in [1.54, 1.807) is 6.07 Å². The molecule has 0 unspecified atom stereocenters. The highest BCUT2D eigenvalue weighted by Gasteiger charge is 2.44. The minimum Gasteiger partial charge on any atom is -0.491 e. The number of aliphatic hydroxyl groups is 1. The van der Waals surface area contributed by atoms with E-state index in [1.165, 1.54) is 11.3 Å². The van der Waals surface area contributed by atoms with Crippen molar-refractivity contribution >= 4 is 45.4 Å². The molecule has 0 radical (unpaired) electrons. The van der Waals surface area contributed by atoms with Gasteiger partial charge in [-0.25, -0.2) is 4.98 Å². The first-order chi connectivity index (χ1) is 33.6. The average molecular weight is 954 g/mol. The molecule has 70 heavy (non-hydrogen) atoms. The highest BCUT2D eigenvalue weighted by molar-refractivity contribution is 6.19. The molecule has 4 amide bonds. The number of hydrogen-bond acceptors (Lipinski definition) is 12. The number of rotatable bonds is 19. The second-order valence-electron chi connectivity index (χ2n) is 18.7. The number of primary amides is 1. The van der Waals surface area contributed by atoms with Gasteiger partial charge in [-0.2, -0.15) is 0 Å². The largest absolute Gasteiger partial charge is 0.491 e. The highest BCUT2D eigenvalue weighted by Crippen LogP contribution is 2.39. The number of amides is 4. The lowest BCUT2D eigenvalue weighted by Gasteiger charge is -2.35. The van der Waals surface area contributed by atoms with Crippen molar-refractivity contribution in [3.05, 3.63) is 125 Å². The van der Waals surface area contributed by atoms with Gasteiger partial charge in [0, 0.05) is 59.0 Å². The molecule has 3 aromatic heterocycles. The van der Waals surface area contributed by atoms with Crippen LogP contribution in [-0.4, -0.2) is 106 Å². The highest BCUT2D eigenvalue weighted by atomic mass is 16.5. The van der Waals surface area contributed by atoms with Crippen molar-refractivity contribution in [2.75, 3.05) is 39.6 Å². The summed E-state index contributed by atoms with van der Waals surface area (Å²) in [4.78, 5) is 59.2. The van der Waals surface area contributed by atoms with E-state index in [4.69, 9.17) is 28.9 Å². The third kappa shape index (κ3) is 10.9. The Morgan fingerprint density at radius 2 is 1.61 bits per heavy atom. The lowest BCUT2D eigenvalue weighted by molar-refractivity contribution is -0.144. The zero-order valence-corrected chi connectivity index (χ0v) is 40.2. The fraction of sp³-hybridized carbons (Fsp3) is 0.358. The van der Waals surface area contributed by atoms with Crippen LogP contribution in [0.2, 0.25) is 0 Å². The van der Waals surface area contributed by atoms with Gasteiger partial charge in [0.2, 0.25) is 23.6 Å². The molecule has 1 saturated heterocycles. The summed E-state index contributed by atoms with van der Waals surface area (Å²) in [6.45, 7) is 12.1. The number of nitrogens with one attached hydrogen (secondary N) is 2. The Bertz CT molecular complexity index is 2990. The van der Waals surface area contributed by atoms with Gasteiger partial charge in [0.25, 0.3) is 0 Å². The van der Waals surface area contributed by atoms with Gasteiger partial charge in [-0.15, -0.1) is 0 Å². The molecule has 4 aromatic carbocycles. The van der Waals surface area contributed by atoms with Crippen molar-refractivity contribution in [1.29, 1.82) is 0 Å². The first kappa shape index (κ1) is 49.1. The van der Waals surface area contributed by atoms with Crippen LogP contribution in [0.1, 0.15) is 65.8 Å². The number of benzene rings is 4. The molecule has 4 heterocycles. The van der Waals surface area contributed by atoms with Crippen molar-refractivity contribution in [1.82, 2.24) is 30.2 Å². The maximum atomic E-state index is 14.0. The van der Waals surface area contributed by atoms with Crippen molar-refractivity contribution < 1.29 is 47.4 Å². The fourth-order valence-corrected chi connectivity index (χ4v) is 9.05. The van der Waals surface area contributed by atoms with Crippen LogP contribution >= 0.6 is 0 Å². The maximum Gasteiger partial charge on any atom is 0.249 e. The molecule has 5 N–H and O–H groups in total. The summed E-state index contributed by atoms with van der Waals surface area (Å²) < 4.78 is 30.6. The number of fused-ring (bicyclic) bond motifs is 3. The van der Waals surface area contributed by atoms with Crippen molar-refractivity contribution in [3.63, 3.8) is 0 Å². The third-order valence-corrected chi connectivity index (χ3v) is 12.5. The number of aliphatic hydroxyl groups excluding tert-OH is 1. The summed E-state index contributed by atoms with van der Waals surface area (Å²) in [7, 11) is 0. The van der Waals surface area contributed by atoms with Crippen LogP contribution in [0.5, 0.6) is 5.75 Å². The van der Waals surface area contributed by atoms with Gasteiger partial charge in [0.15, 0.2) is 12.2 Å². The van der Waals surface area contributed by atoms with E-state index in [9.17, 15) is 24.3 Å². The molecule has 8 rings (SSSR count). The standard InChI is InChI=1S/C53H59N7O10/c1-31-46(33(3)70-58-31)37-22-41(50(54)63)47-40-25-39(16-17-42(40)59(43(47)23-37)27-35-10-8-7-9-11-35)68-21-20-66-18-19-67-29-45(62)57-49(53(4,5)6)52(65)60-28-38(61)24-44(60)51(64)55-26-34-12-14-36(15-13-34)48-32(2)56-30-69-48/h7-17,22-23,25,30,38,44,49,61H,18-21,24,26-29H2,1-6H3,(H2,54,63)(H,55,64)(H,57,62)/t38-,44+,49-/m1/s1. The first-order valence-electron chi connectivity index (χ1n) is 23.3. The third-order valence-electron chi connectivity index (χ3n) is 12.5. The van der Waals surface area contributed by atoms with E-state index in [0.29, 0.717) is 40.5 Å². The summed E-state index contributed by atoms with van der Waals surface area (Å²) in [5.74, 6) is -0.0632. The number of likely N-dealkylation sites (tertiary alicyclic amines) is 1. The molecule has 0 spiro atoms. The van der Waals surface area contributed by atoms with E-state index >= 15 is 0 Å².